The van der Waals surface area contributed by atoms with Crippen molar-refractivity contribution in [2.24, 2.45) is 0 Å². The third-order valence-corrected chi connectivity index (χ3v) is 3.43. The Hall–Kier alpha value is -2.47. The highest BCUT2D eigenvalue weighted by atomic mass is 35.5. The molecule has 6 nitrogen and oxygen atoms in total. The number of hydrogen-bond acceptors (Lipinski definition) is 5. The highest BCUT2D eigenvalue weighted by molar-refractivity contribution is 6.32. The first-order valence-electron chi connectivity index (χ1n) is 6.17. The summed E-state index contributed by atoms with van der Waals surface area (Å²) < 4.78 is 12.1. The predicted octanol–water partition coefficient (Wildman–Crippen LogP) is 2.65. The topological polar surface area (TPSA) is 74.7 Å². The van der Waals surface area contributed by atoms with Crippen molar-refractivity contribution < 1.29 is 9.47 Å². The molecule has 0 amide bonds. The first-order valence-corrected chi connectivity index (χ1v) is 6.55. The molecule has 1 aromatic carbocycles. The summed E-state index contributed by atoms with van der Waals surface area (Å²) in [6.07, 6.45) is 0. The van der Waals surface area contributed by atoms with E-state index >= 15 is 0 Å². The van der Waals surface area contributed by atoms with E-state index in [1.54, 1.807) is 30.9 Å². The highest BCUT2D eigenvalue weighted by Crippen LogP contribution is 2.32. The number of nitrogen functional groups attached to an aromatic ring is 1. The maximum Gasteiger partial charge on any atom is 0.240 e. The fourth-order valence-electron chi connectivity index (χ4n) is 2.16. The Morgan fingerprint density at radius 1 is 1.10 bits per heavy atom. The van der Waals surface area contributed by atoms with E-state index in [1.807, 2.05) is 18.2 Å². The van der Waals surface area contributed by atoms with Crippen molar-refractivity contribution in [2.75, 3.05) is 20.0 Å². The number of methoxy groups -OCH3 is 2. The number of benzene rings is 1. The summed E-state index contributed by atoms with van der Waals surface area (Å²) >= 11 is 6.17. The van der Waals surface area contributed by atoms with Gasteiger partial charge in [0.1, 0.15) is 5.75 Å². The lowest BCUT2D eigenvalue weighted by Gasteiger charge is -2.09. The average molecular weight is 305 g/mol. The van der Waals surface area contributed by atoms with Gasteiger partial charge in [0.2, 0.25) is 5.95 Å². The van der Waals surface area contributed by atoms with E-state index in [1.165, 1.54) is 0 Å². The smallest absolute Gasteiger partial charge is 0.240 e. The van der Waals surface area contributed by atoms with Crippen LogP contribution in [0.15, 0.2) is 30.3 Å². The monoisotopic (exact) mass is 304 g/mol. The SMILES string of the molecule is COc1ccc(-c2ccc(OC)c3nc(N)nn23)cc1Cl. The molecule has 0 aliphatic heterocycles. The molecule has 0 bridgehead atoms. The van der Waals surface area contributed by atoms with Crippen molar-refractivity contribution in [3.63, 3.8) is 0 Å². The molecule has 0 aliphatic carbocycles. The summed E-state index contributed by atoms with van der Waals surface area (Å²) in [5.74, 6) is 1.39. The van der Waals surface area contributed by atoms with Crippen molar-refractivity contribution in [1.29, 1.82) is 0 Å². The highest BCUT2D eigenvalue weighted by Gasteiger charge is 2.13. The molecule has 0 atom stereocenters. The van der Waals surface area contributed by atoms with Crippen LogP contribution in [0.25, 0.3) is 16.9 Å². The Balaban J connectivity index is 2.23. The molecule has 0 radical (unpaired) electrons. The van der Waals surface area contributed by atoms with Crippen molar-refractivity contribution in [1.82, 2.24) is 14.6 Å². The summed E-state index contributed by atoms with van der Waals surface area (Å²) in [6, 6.07) is 9.19. The number of pyridine rings is 1. The second kappa shape index (κ2) is 5.14. The minimum atomic E-state index is 0.181. The van der Waals surface area contributed by atoms with Gasteiger partial charge in [0.25, 0.3) is 0 Å². The van der Waals surface area contributed by atoms with Gasteiger partial charge in [0.05, 0.1) is 24.9 Å². The molecule has 2 aromatic heterocycles. The minimum Gasteiger partial charge on any atom is -0.495 e. The molecule has 2 N–H and O–H groups in total. The van der Waals surface area contributed by atoms with Gasteiger partial charge in [0.15, 0.2) is 11.4 Å². The normalized spacial score (nSPS) is 10.8. The average Bonchev–Trinajstić information content (AvgIpc) is 2.87. The zero-order valence-electron chi connectivity index (χ0n) is 11.5. The molecular formula is C14H13ClN4O2. The summed E-state index contributed by atoms with van der Waals surface area (Å²) in [6.45, 7) is 0. The minimum absolute atomic E-state index is 0.181. The number of hydrogen-bond donors (Lipinski definition) is 1. The largest absolute Gasteiger partial charge is 0.495 e. The number of ether oxygens (including phenoxy) is 2. The van der Waals surface area contributed by atoms with E-state index in [0.717, 1.165) is 11.3 Å². The summed E-state index contributed by atoms with van der Waals surface area (Å²) in [7, 11) is 3.15. The van der Waals surface area contributed by atoms with E-state index < -0.39 is 0 Å². The van der Waals surface area contributed by atoms with Crippen LogP contribution in [0.1, 0.15) is 0 Å². The number of aromatic nitrogens is 3. The molecule has 3 aromatic rings. The van der Waals surface area contributed by atoms with Crippen LogP contribution in [0, 0.1) is 0 Å². The van der Waals surface area contributed by atoms with Crippen LogP contribution in [0.3, 0.4) is 0 Å². The lowest BCUT2D eigenvalue weighted by Crippen LogP contribution is -1.97. The number of fused-ring (bicyclic) bond motifs is 1. The van der Waals surface area contributed by atoms with E-state index in [-0.39, 0.29) is 5.95 Å². The second-order valence-corrected chi connectivity index (χ2v) is 4.75. The van der Waals surface area contributed by atoms with Crippen molar-refractivity contribution in [3.05, 3.63) is 35.4 Å². The number of halogens is 1. The Kier molecular flexibility index (Phi) is 3.31. The number of nitrogens with two attached hydrogens (primary N) is 1. The van der Waals surface area contributed by atoms with E-state index in [0.29, 0.717) is 22.2 Å². The van der Waals surface area contributed by atoms with Crippen molar-refractivity contribution in [3.8, 4) is 22.8 Å². The van der Waals surface area contributed by atoms with Crippen LogP contribution < -0.4 is 15.2 Å². The zero-order valence-corrected chi connectivity index (χ0v) is 12.3. The molecule has 7 heteroatoms. The third-order valence-electron chi connectivity index (χ3n) is 3.13. The Morgan fingerprint density at radius 2 is 1.81 bits per heavy atom. The Morgan fingerprint density at radius 3 is 2.48 bits per heavy atom. The van der Waals surface area contributed by atoms with Gasteiger partial charge in [-0.25, -0.2) is 4.52 Å². The lowest BCUT2D eigenvalue weighted by atomic mass is 10.1. The van der Waals surface area contributed by atoms with Crippen LogP contribution in [-0.4, -0.2) is 28.8 Å². The molecule has 21 heavy (non-hydrogen) atoms. The van der Waals surface area contributed by atoms with Gasteiger partial charge in [-0.1, -0.05) is 11.6 Å². The Labute approximate surface area is 126 Å². The fraction of sp³-hybridized carbons (Fsp3) is 0.143. The van der Waals surface area contributed by atoms with Gasteiger partial charge in [0, 0.05) is 5.56 Å². The summed E-state index contributed by atoms with van der Waals surface area (Å²) in [4.78, 5) is 4.17. The first kappa shape index (κ1) is 13.5. The molecule has 0 aliphatic rings. The van der Waals surface area contributed by atoms with Crippen LogP contribution >= 0.6 is 11.6 Å². The molecule has 0 spiro atoms. The predicted molar refractivity (Wildman–Crippen MR) is 80.9 cm³/mol. The second-order valence-electron chi connectivity index (χ2n) is 4.34. The quantitative estimate of drug-likeness (QED) is 0.805. The molecule has 2 heterocycles. The first-order chi connectivity index (χ1) is 10.1. The van der Waals surface area contributed by atoms with Gasteiger partial charge in [-0.2, -0.15) is 4.98 Å². The van der Waals surface area contributed by atoms with Gasteiger partial charge >= 0.3 is 0 Å². The number of rotatable bonds is 3. The van der Waals surface area contributed by atoms with Gasteiger partial charge < -0.3 is 15.2 Å². The van der Waals surface area contributed by atoms with Gasteiger partial charge in [-0.05, 0) is 30.3 Å². The van der Waals surface area contributed by atoms with Crippen LogP contribution in [0.4, 0.5) is 5.95 Å². The number of nitrogens with zero attached hydrogens (tertiary/aromatic N) is 3. The fourth-order valence-corrected chi connectivity index (χ4v) is 2.42. The molecule has 0 saturated carbocycles. The van der Waals surface area contributed by atoms with Gasteiger partial charge in [-0.3, -0.25) is 0 Å². The maximum absolute atomic E-state index is 6.17. The molecule has 0 fully saturated rings. The van der Waals surface area contributed by atoms with Gasteiger partial charge in [-0.15, -0.1) is 5.10 Å². The van der Waals surface area contributed by atoms with E-state index in [9.17, 15) is 0 Å². The number of anilines is 1. The molecular weight excluding hydrogens is 292 g/mol. The standard InChI is InChI=1S/C14H13ClN4O2/c1-20-11-5-3-8(7-9(11)15)10-4-6-12(21-2)13-17-14(16)18-19(10)13/h3-7H,1-2H3,(H2,16,18). The maximum atomic E-state index is 6.17. The van der Waals surface area contributed by atoms with E-state index in [2.05, 4.69) is 10.1 Å². The third kappa shape index (κ3) is 2.23. The van der Waals surface area contributed by atoms with Crippen molar-refractivity contribution in [2.45, 2.75) is 0 Å². The summed E-state index contributed by atoms with van der Waals surface area (Å²) in [5, 5.41) is 4.72. The van der Waals surface area contributed by atoms with Crippen LogP contribution in [-0.2, 0) is 0 Å². The zero-order chi connectivity index (χ0) is 15.0. The molecule has 108 valence electrons. The van der Waals surface area contributed by atoms with Crippen LogP contribution in [0.2, 0.25) is 5.02 Å². The molecule has 0 unspecified atom stereocenters. The summed E-state index contributed by atoms with van der Waals surface area (Å²) in [5.41, 5.74) is 7.93. The Bertz CT molecular complexity index is 816. The molecule has 3 rings (SSSR count). The van der Waals surface area contributed by atoms with Crippen molar-refractivity contribution >= 4 is 23.2 Å². The molecule has 0 saturated heterocycles. The van der Waals surface area contributed by atoms with E-state index in [4.69, 9.17) is 26.8 Å². The van der Waals surface area contributed by atoms with Crippen LogP contribution in [0.5, 0.6) is 11.5 Å². The lowest BCUT2D eigenvalue weighted by molar-refractivity contribution is 0.415.